The van der Waals surface area contributed by atoms with E-state index < -0.39 is 5.97 Å². The summed E-state index contributed by atoms with van der Waals surface area (Å²) < 4.78 is 4.99. The lowest BCUT2D eigenvalue weighted by Crippen LogP contribution is -2.39. The van der Waals surface area contributed by atoms with E-state index in [4.69, 9.17) is 4.74 Å². The van der Waals surface area contributed by atoms with Gasteiger partial charge in [0.25, 0.3) is 0 Å². The van der Waals surface area contributed by atoms with Crippen LogP contribution in [0.25, 0.3) is 0 Å². The van der Waals surface area contributed by atoms with Crippen LogP contribution in [0.3, 0.4) is 0 Å². The van der Waals surface area contributed by atoms with Gasteiger partial charge in [-0.3, -0.25) is 9.78 Å². The van der Waals surface area contributed by atoms with E-state index in [9.17, 15) is 9.59 Å². The third kappa shape index (κ3) is 5.31. The minimum absolute atomic E-state index is 0.139. The largest absolute Gasteiger partial charge is 0.465 e. The molecule has 26 heavy (non-hydrogen) atoms. The molecule has 1 N–H and O–H groups in total. The fourth-order valence-corrected chi connectivity index (χ4v) is 2.54. The third-order valence-electron chi connectivity index (χ3n) is 4.07. The Morgan fingerprint density at radius 3 is 2.50 bits per heavy atom. The summed E-state index contributed by atoms with van der Waals surface area (Å²) in [5, 5.41) is 2.90. The Morgan fingerprint density at radius 2 is 1.85 bits per heavy atom. The van der Waals surface area contributed by atoms with Gasteiger partial charge in [0, 0.05) is 11.9 Å². The van der Waals surface area contributed by atoms with Gasteiger partial charge in [-0.15, -0.1) is 0 Å². The number of aryl methyl sites for hydroxylation is 3. The topological polar surface area (TPSA) is 71.5 Å². The Kier molecular flexibility index (Phi) is 6.72. The van der Waals surface area contributed by atoms with E-state index in [0.29, 0.717) is 5.69 Å². The second-order valence-corrected chi connectivity index (χ2v) is 6.16. The van der Waals surface area contributed by atoms with Gasteiger partial charge in [-0.2, -0.15) is 0 Å². The molecular formula is C20H25N3O3. The Balaban J connectivity index is 2.19. The summed E-state index contributed by atoms with van der Waals surface area (Å²) in [5.41, 5.74) is 4.65. The number of anilines is 1. The predicted molar refractivity (Wildman–Crippen MR) is 101 cm³/mol. The molecule has 0 aliphatic rings. The summed E-state index contributed by atoms with van der Waals surface area (Å²) in [5.74, 6) is -0.449. The SMILES string of the molecule is CCOC(=O)CN(Cc1ccccn1)C(=O)Nc1cc(C)c(C)cc1C. The Labute approximate surface area is 154 Å². The van der Waals surface area contributed by atoms with Gasteiger partial charge in [0.1, 0.15) is 6.54 Å². The first-order chi connectivity index (χ1) is 12.4. The summed E-state index contributed by atoms with van der Waals surface area (Å²) in [6.45, 7) is 8.05. The van der Waals surface area contributed by atoms with E-state index in [1.54, 1.807) is 19.2 Å². The monoisotopic (exact) mass is 355 g/mol. The lowest BCUT2D eigenvalue weighted by atomic mass is 10.1. The highest BCUT2D eigenvalue weighted by Crippen LogP contribution is 2.20. The van der Waals surface area contributed by atoms with Crippen LogP contribution in [0, 0.1) is 20.8 Å². The highest BCUT2D eigenvalue weighted by atomic mass is 16.5. The van der Waals surface area contributed by atoms with E-state index in [0.717, 1.165) is 22.4 Å². The zero-order valence-corrected chi connectivity index (χ0v) is 15.7. The van der Waals surface area contributed by atoms with E-state index >= 15 is 0 Å². The van der Waals surface area contributed by atoms with Crippen LogP contribution in [0.5, 0.6) is 0 Å². The molecule has 1 heterocycles. The molecule has 0 aliphatic heterocycles. The van der Waals surface area contributed by atoms with Gasteiger partial charge in [-0.25, -0.2) is 4.79 Å². The summed E-state index contributed by atoms with van der Waals surface area (Å²) in [6, 6.07) is 9.06. The molecule has 0 saturated carbocycles. The van der Waals surface area contributed by atoms with Crippen LogP contribution < -0.4 is 5.32 Å². The number of hydrogen-bond acceptors (Lipinski definition) is 4. The van der Waals surface area contributed by atoms with Crippen LogP contribution in [0.15, 0.2) is 36.5 Å². The van der Waals surface area contributed by atoms with Crippen LogP contribution in [-0.4, -0.2) is 35.0 Å². The van der Waals surface area contributed by atoms with Gasteiger partial charge < -0.3 is 15.0 Å². The number of benzene rings is 1. The molecule has 0 radical (unpaired) electrons. The molecule has 1 aromatic carbocycles. The van der Waals surface area contributed by atoms with Crippen LogP contribution in [-0.2, 0) is 16.1 Å². The average Bonchev–Trinajstić information content (AvgIpc) is 2.60. The number of hydrogen-bond donors (Lipinski definition) is 1. The molecule has 2 amide bonds. The zero-order valence-electron chi connectivity index (χ0n) is 15.7. The molecule has 0 unspecified atom stereocenters. The van der Waals surface area contributed by atoms with Crippen LogP contribution in [0.1, 0.15) is 29.3 Å². The van der Waals surface area contributed by atoms with Crippen LogP contribution in [0.4, 0.5) is 10.5 Å². The Morgan fingerprint density at radius 1 is 1.12 bits per heavy atom. The first kappa shape index (κ1) is 19.4. The fourth-order valence-electron chi connectivity index (χ4n) is 2.54. The minimum atomic E-state index is -0.449. The third-order valence-corrected chi connectivity index (χ3v) is 4.07. The first-order valence-corrected chi connectivity index (χ1v) is 8.60. The second kappa shape index (κ2) is 8.99. The molecule has 0 saturated heterocycles. The molecule has 6 nitrogen and oxygen atoms in total. The average molecular weight is 355 g/mol. The number of ether oxygens (including phenoxy) is 1. The number of carbonyl (C=O) groups is 2. The maximum Gasteiger partial charge on any atom is 0.325 e. The zero-order chi connectivity index (χ0) is 19.1. The van der Waals surface area contributed by atoms with Crippen LogP contribution >= 0.6 is 0 Å². The number of aromatic nitrogens is 1. The second-order valence-electron chi connectivity index (χ2n) is 6.16. The van der Waals surface area contributed by atoms with Gasteiger partial charge in [0.15, 0.2) is 0 Å². The van der Waals surface area contributed by atoms with Crippen molar-refractivity contribution in [2.75, 3.05) is 18.5 Å². The molecule has 0 bridgehead atoms. The van der Waals surface area contributed by atoms with Gasteiger partial charge in [-0.05, 0) is 62.6 Å². The van der Waals surface area contributed by atoms with Gasteiger partial charge in [-0.1, -0.05) is 12.1 Å². The summed E-state index contributed by atoms with van der Waals surface area (Å²) in [4.78, 5) is 30.3. The smallest absolute Gasteiger partial charge is 0.325 e. The van der Waals surface area contributed by atoms with Crippen molar-refractivity contribution in [2.45, 2.75) is 34.2 Å². The number of nitrogens with zero attached hydrogens (tertiary/aromatic N) is 2. The van der Waals surface area contributed by atoms with Gasteiger partial charge in [0.2, 0.25) is 0 Å². The quantitative estimate of drug-likeness (QED) is 0.804. The molecule has 0 aliphatic carbocycles. The van der Waals surface area contributed by atoms with Crippen molar-refractivity contribution in [3.05, 3.63) is 58.9 Å². The minimum Gasteiger partial charge on any atom is -0.465 e. The molecular weight excluding hydrogens is 330 g/mol. The standard InChI is InChI=1S/C20H25N3O3/c1-5-26-19(24)13-23(12-17-8-6-7-9-21-17)20(25)22-18-11-15(3)14(2)10-16(18)4/h6-11H,5,12-13H2,1-4H3,(H,22,25). The maximum absolute atomic E-state index is 12.8. The van der Waals surface area contributed by atoms with E-state index in [-0.39, 0.29) is 25.7 Å². The van der Waals surface area contributed by atoms with Crippen molar-refractivity contribution < 1.29 is 14.3 Å². The molecule has 2 rings (SSSR count). The number of nitrogens with one attached hydrogen (secondary N) is 1. The number of carbonyl (C=O) groups excluding carboxylic acids is 2. The molecule has 2 aromatic rings. The number of urea groups is 1. The molecule has 0 spiro atoms. The molecule has 0 fully saturated rings. The Hall–Kier alpha value is -2.89. The molecule has 1 aromatic heterocycles. The highest BCUT2D eigenvalue weighted by Gasteiger charge is 2.20. The number of esters is 1. The van der Waals surface area contributed by atoms with Crippen molar-refractivity contribution >= 4 is 17.7 Å². The van der Waals surface area contributed by atoms with Crippen molar-refractivity contribution in [2.24, 2.45) is 0 Å². The van der Waals surface area contributed by atoms with E-state index in [1.807, 2.05) is 45.0 Å². The Bertz CT molecular complexity index is 775. The molecule has 0 atom stereocenters. The van der Waals surface area contributed by atoms with Gasteiger partial charge in [0.05, 0.1) is 18.8 Å². The van der Waals surface area contributed by atoms with Gasteiger partial charge >= 0.3 is 12.0 Å². The first-order valence-electron chi connectivity index (χ1n) is 8.60. The number of amides is 2. The number of rotatable bonds is 6. The summed E-state index contributed by atoms with van der Waals surface area (Å²) >= 11 is 0. The fraction of sp³-hybridized carbons (Fsp3) is 0.350. The maximum atomic E-state index is 12.8. The predicted octanol–water partition coefficient (Wildman–Crippen LogP) is 3.60. The van der Waals surface area contributed by atoms with E-state index in [2.05, 4.69) is 10.3 Å². The molecule has 138 valence electrons. The van der Waals surface area contributed by atoms with Crippen molar-refractivity contribution in [1.82, 2.24) is 9.88 Å². The summed E-state index contributed by atoms with van der Waals surface area (Å²) in [6.07, 6.45) is 1.66. The highest BCUT2D eigenvalue weighted by molar-refractivity contribution is 5.92. The van der Waals surface area contributed by atoms with E-state index in [1.165, 1.54) is 4.90 Å². The van der Waals surface area contributed by atoms with Crippen molar-refractivity contribution in [1.29, 1.82) is 0 Å². The number of pyridine rings is 1. The van der Waals surface area contributed by atoms with Crippen LogP contribution in [0.2, 0.25) is 0 Å². The molecule has 6 heteroatoms. The normalized spacial score (nSPS) is 10.3. The lowest BCUT2D eigenvalue weighted by Gasteiger charge is -2.22. The van der Waals surface area contributed by atoms with Crippen molar-refractivity contribution in [3.63, 3.8) is 0 Å². The lowest BCUT2D eigenvalue weighted by molar-refractivity contribution is -0.143. The van der Waals surface area contributed by atoms with Crippen molar-refractivity contribution in [3.8, 4) is 0 Å². The summed E-state index contributed by atoms with van der Waals surface area (Å²) in [7, 11) is 0.